The summed E-state index contributed by atoms with van der Waals surface area (Å²) in [6.45, 7) is 2.28. The molecule has 0 saturated carbocycles. The highest BCUT2D eigenvalue weighted by Gasteiger charge is 2.22. The van der Waals surface area contributed by atoms with E-state index in [2.05, 4.69) is 0 Å². The number of hydrogen-bond acceptors (Lipinski definition) is 4. The van der Waals surface area contributed by atoms with Gasteiger partial charge in [0.15, 0.2) is 0 Å². The molecule has 14 heavy (non-hydrogen) atoms. The maximum Gasteiger partial charge on any atom is 0.306 e. The molecule has 0 aromatic rings. The van der Waals surface area contributed by atoms with Gasteiger partial charge in [0.05, 0.1) is 12.0 Å². The third-order valence-corrected chi connectivity index (χ3v) is 1.18. The van der Waals surface area contributed by atoms with Crippen LogP contribution in [-0.4, -0.2) is 44.6 Å². The van der Waals surface area contributed by atoms with Crippen LogP contribution >= 0.6 is 0 Å². The normalized spacial score (nSPS) is 13.4. The van der Waals surface area contributed by atoms with E-state index >= 15 is 0 Å². The van der Waals surface area contributed by atoms with E-state index in [9.17, 15) is 4.79 Å². The number of aliphatic carboxylic acids is 2. The Morgan fingerprint density at radius 3 is 1.86 bits per heavy atom. The first-order chi connectivity index (χ1) is 6.21. The summed E-state index contributed by atoms with van der Waals surface area (Å²) in [4.78, 5) is 19.0. The summed E-state index contributed by atoms with van der Waals surface area (Å²) in [6, 6.07) is 0. The van der Waals surface area contributed by atoms with Crippen molar-refractivity contribution in [3.8, 4) is 0 Å². The molecule has 0 saturated heterocycles. The number of aliphatic hydroxyl groups excluding tert-OH is 1. The number of carbonyl (C=O) groups is 2. The largest absolute Gasteiger partial charge is 0.481 e. The summed E-state index contributed by atoms with van der Waals surface area (Å²) in [7, 11) is 0. The predicted molar refractivity (Wildman–Crippen MR) is 47.9 cm³/mol. The molecule has 0 rings (SSSR count). The molecule has 0 aliphatic rings. The molecule has 0 aliphatic carbocycles. The van der Waals surface area contributed by atoms with Gasteiger partial charge in [-0.15, -0.1) is 0 Å². The molecule has 0 fully saturated rings. The Balaban J connectivity index is 0. The molecule has 0 aromatic carbocycles. The zero-order valence-corrected chi connectivity index (χ0v) is 8.23. The van der Waals surface area contributed by atoms with Crippen molar-refractivity contribution in [2.75, 3.05) is 6.61 Å². The molecule has 0 spiro atoms. The van der Waals surface area contributed by atoms with Gasteiger partial charge < -0.3 is 20.4 Å². The van der Waals surface area contributed by atoms with Crippen LogP contribution in [0.15, 0.2) is 0 Å². The highest BCUT2D eigenvalue weighted by molar-refractivity contribution is 5.67. The van der Waals surface area contributed by atoms with Crippen molar-refractivity contribution in [2.45, 2.75) is 32.3 Å². The van der Waals surface area contributed by atoms with Crippen LogP contribution in [-0.2, 0) is 9.59 Å². The summed E-state index contributed by atoms with van der Waals surface area (Å²) in [5.41, 5.74) is -1.28. The second-order valence-corrected chi connectivity index (χ2v) is 3.06. The van der Waals surface area contributed by atoms with Gasteiger partial charge >= 0.3 is 5.97 Å². The lowest BCUT2D eigenvalue weighted by molar-refractivity contribution is -0.142. The second kappa shape index (κ2) is 7.28. The minimum Gasteiger partial charge on any atom is -0.481 e. The lowest BCUT2D eigenvalue weighted by Gasteiger charge is -2.18. The van der Waals surface area contributed by atoms with E-state index in [0.29, 0.717) is 0 Å². The van der Waals surface area contributed by atoms with Gasteiger partial charge in [0.1, 0.15) is 0 Å². The Hall–Kier alpha value is -1.14. The minimum absolute atomic E-state index is 0.0965. The first kappa shape index (κ1) is 15.3. The van der Waals surface area contributed by atoms with Crippen LogP contribution in [0.5, 0.6) is 0 Å². The lowest BCUT2D eigenvalue weighted by atomic mass is 9.99. The molecule has 6 nitrogen and oxygen atoms in total. The fraction of sp³-hybridized carbons (Fsp3) is 0.750. The summed E-state index contributed by atoms with van der Waals surface area (Å²) in [6.07, 6.45) is -0.229. The Labute approximate surface area is 81.8 Å². The van der Waals surface area contributed by atoms with Crippen molar-refractivity contribution in [2.24, 2.45) is 0 Å². The minimum atomic E-state index is -1.28. The number of carboxylic acids is 2. The summed E-state index contributed by atoms with van der Waals surface area (Å²) in [5, 5.41) is 33.2. The standard InChI is InChI=1S/C6H12O4.C2H4O2/c1-6(10,2-3-7)4-5(8)9;1-2(3)4/h7,10H,2-4H2,1H3,(H,8,9);1H3,(H,3,4)/t6-;/m1./s1. The zero-order valence-electron chi connectivity index (χ0n) is 8.23. The molecule has 1 atom stereocenters. The number of aliphatic hydroxyl groups is 2. The van der Waals surface area contributed by atoms with Crippen LogP contribution in [0.3, 0.4) is 0 Å². The van der Waals surface area contributed by atoms with Gasteiger partial charge in [-0.25, -0.2) is 0 Å². The third-order valence-electron chi connectivity index (χ3n) is 1.18. The van der Waals surface area contributed by atoms with Crippen molar-refractivity contribution in [3.05, 3.63) is 0 Å². The topological polar surface area (TPSA) is 115 Å². The van der Waals surface area contributed by atoms with Crippen molar-refractivity contribution < 1.29 is 30.0 Å². The van der Waals surface area contributed by atoms with Crippen LogP contribution in [0.1, 0.15) is 26.7 Å². The summed E-state index contributed by atoms with van der Waals surface area (Å²) >= 11 is 0. The molecule has 84 valence electrons. The van der Waals surface area contributed by atoms with Crippen molar-refractivity contribution in [1.82, 2.24) is 0 Å². The average molecular weight is 208 g/mol. The molecule has 0 radical (unpaired) electrons. The predicted octanol–water partition coefficient (Wildman–Crippen LogP) is -0.315. The van der Waals surface area contributed by atoms with E-state index in [1.54, 1.807) is 0 Å². The maximum absolute atomic E-state index is 10.0. The van der Waals surface area contributed by atoms with Gasteiger partial charge in [-0.1, -0.05) is 0 Å². The van der Waals surface area contributed by atoms with Crippen molar-refractivity contribution in [3.63, 3.8) is 0 Å². The fourth-order valence-corrected chi connectivity index (χ4v) is 0.655. The van der Waals surface area contributed by atoms with E-state index in [1.165, 1.54) is 6.92 Å². The van der Waals surface area contributed by atoms with Crippen LogP contribution in [0.25, 0.3) is 0 Å². The lowest BCUT2D eigenvalue weighted by Crippen LogP contribution is -2.28. The molecule has 0 bridgehead atoms. The Morgan fingerprint density at radius 2 is 1.64 bits per heavy atom. The monoisotopic (exact) mass is 208 g/mol. The number of hydrogen-bond donors (Lipinski definition) is 4. The second-order valence-electron chi connectivity index (χ2n) is 3.06. The quantitative estimate of drug-likeness (QED) is 0.503. The number of rotatable bonds is 4. The number of carboxylic acid groups (broad SMARTS) is 2. The van der Waals surface area contributed by atoms with Crippen LogP contribution < -0.4 is 0 Å². The molecule has 0 aromatic heterocycles. The molecule has 6 heteroatoms. The fourth-order valence-electron chi connectivity index (χ4n) is 0.655. The molecule has 4 N–H and O–H groups in total. The highest BCUT2D eigenvalue weighted by Crippen LogP contribution is 2.12. The summed E-state index contributed by atoms with van der Waals surface area (Å²) in [5.74, 6) is -1.89. The highest BCUT2D eigenvalue weighted by atomic mass is 16.4. The van der Waals surface area contributed by atoms with Crippen LogP contribution in [0, 0.1) is 0 Å². The maximum atomic E-state index is 10.0. The van der Waals surface area contributed by atoms with E-state index in [0.717, 1.165) is 6.92 Å². The molecule has 0 unspecified atom stereocenters. The van der Waals surface area contributed by atoms with Gasteiger partial charge in [0.25, 0.3) is 5.97 Å². The molecule has 0 amide bonds. The molecule has 0 aliphatic heterocycles. The molecular weight excluding hydrogens is 192 g/mol. The Kier molecular flexibility index (Phi) is 7.98. The summed E-state index contributed by atoms with van der Waals surface area (Å²) < 4.78 is 0. The van der Waals surface area contributed by atoms with E-state index in [-0.39, 0.29) is 19.4 Å². The van der Waals surface area contributed by atoms with Gasteiger partial charge in [0, 0.05) is 13.5 Å². The van der Waals surface area contributed by atoms with E-state index in [1.807, 2.05) is 0 Å². The van der Waals surface area contributed by atoms with Crippen LogP contribution in [0.4, 0.5) is 0 Å². The van der Waals surface area contributed by atoms with Gasteiger partial charge in [-0.3, -0.25) is 9.59 Å². The van der Waals surface area contributed by atoms with Crippen LogP contribution in [0.2, 0.25) is 0 Å². The SMILES string of the molecule is CC(=O)O.C[C@@](O)(CCO)CC(=O)O. The zero-order chi connectivity index (χ0) is 11.8. The first-order valence-corrected chi connectivity index (χ1v) is 3.96. The van der Waals surface area contributed by atoms with E-state index in [4.69, 9.17) is 25.2 Å². The Bertz CT molecular complexity index is 182. The average Bonchev–Trinajstić information content (AvgIpc) is 1.80. The molecule has 0 heterocycles. The van der Waals surface area contributed by atoms with Gasteiger partial charge in [-0.05, 0) is 13.3 Å². The van der Waals surface area contributed by atoms with Crippen molar-refractivity contribution >= 4 is 11.9 Å². The Morgan fingerprint density at radius 1 is 1.29 bits per heavy atom. The van der Waals surface area contributed by atoms with E-state index < -0.39 is 17.5 Å². The first-order valence-electron chi connectivity index (χ1n) is 3.96. The smallest absolute Gasteiger partial charge is 0.306 e. The molecular formula is C8H16O6. The van der Waals surface area contributed by atoms with Crippen molar-refractivity contribution in [1.29, 1.82) is 0 Å². The van der Waals surface area contributed by atoms with Gasteiger partial charge in [-0.2, -0.15) is 0 Å². The third kappa shape index (κ3) is 17.1. The van der Waals surface area contributed by atoms with Gasteiger partial charge in [0.2, 0.25) is 0 Å².